The van der Waals surface area contributed by atoms with Crippen LogP contribution in [0.2, 0.25) is 0 Å². The SMILES string of the molecule is CC(=O)Oc1ccc(C(=O)OCC(O)CO)cc1. The molecule has 18 heavy (non-hydrogen) atoms. The lowest BCUT2D eigenvalue weighted by Crippen LogP contribution is -2.21. The third-order valence-corrected chi connectivity index (χ3v) is 1.97. The first-order valence-electron chi connectivity index (χ1n) is 5.27. The molecule has 0 amide bonds. The van der Waals surface area contributed by atoms with Crippen LogP contribution < -0.4 is 4.74 Å². The van der Waals surface area contributed by atoms with Crippen LogP contribution in [0.3, 0.4) is 0 Å². The Labute approximate surface area is 104 Å². The molecule has 0 saturated carbocycles. The molecule has 0 radical (unpaired) electrons. The summed E-state index contributed by atoms with van der Waals surface area (Å²) in [4.78, 5) is 22.2. The molecule has 1 atom stereocenters. The van der Waals surface area contributed by atoms with Crippen LogP contribution in [0.1, 0.15) is 17.3 Å². The van der Waals surface area contributed by atoms with Crippen molar-refractivity contribution in [3.8, 4) is 5.75 Å². The van der Waals surface area contributed by atoms with Gasteiger partial charge in [-0.3, -0.25) is 4.79 Å². The van der Waals surface area contributed by atoms with E-state index in [0.29, 0.717) is 5.75 Å². The van der Waals surface area contributed by atoms with Crippen LogP contribution in [0.15, 0.2) is 24.3 Å². The molecule has 0 aliphatic heterocycles. The van der Waals surface area contributed by atoms with Crippen LogP contribution >= 0.6 is 0 Å². The van der Waals surface area contributed by atoms with E-state index in [1.807, 2.05) is 0 Å². The maximum Gasteiger partial charge on any atom is 0.338 e. The molecule has 1 unspecified atom stereocenters. The Kier molecular flexibility index (Phi) is 5.29. The number of benzene rings is 1. The number of aliphatic hydroxyl groups is 2. The van der Waals surface area contributed by atoms with Gasteiger partial charge in [0.15, 0.2) is 0 Å². The summed E-state index contributed by atoms with van der Waals surface area (Å²) in [5.74, 6) is -0.747. The molecule has 0 aliphatic carbocycles. The van der Waals surface area contributed by atoms with Gasteiger partial charge in [-0.25, -0.2) is 4.79 Å². The summed E-state index contributed by atoms with van der Waals surface area (Å²) in [6.07, 6.45) is -1.09. The van der Waals surface area contributed by atoms with Crippen LogP contribution in [0.5, 0.6) is 5.75 Å². The summed E-state index contributed by atoms with van der Waals surface area (Å²) >= 11 is 0. The van der Waals surface area contributed by atoms with Crippen molar-refractivity contribution in [1.29, 1.82) is 0 Å². The second kappa shape index (κ2) is 6.73. The van der Waals surface area contributed by atoms with Gasteiger partial charge < -0.3 is 19.7 Å². The van der Waals surface area contributed by atoms with Gasteiger partial charge in [-0.05, 0) is 24.3 Å². The minimum atomic E-state index is -1.09. The fraction of sp³-hybridized carbons (Fsp3) is 0.333. The summed E-state index contributed by atoms with van der Waals surface area (Å²) < 4.78 is 9.55. The van der Waals surface area contributed by atoms with Gasteiger partial charge in [-0.1, -0.05) is 0 Å². The number of aliphatic hydroxyl groups excluding tert-OH is 2. The van der Waals surface area contributed by atoms with E-state index in [1.54, 1.807) is 0 Å². The molecular formula is C12H14O6. The zero-order valence-corrected chi connectivity index (χ0v) is 9.83. The van der Waals surface area contributed by atoms with Crippen molar-refractivity contribution in [3.63, 3.8) is 0 Å². The smallest absolute Gasteiger partial charge is 0.338 e. The van der Waals surface area contributed by atoms with Crippen LogP contribution in [0, 0.1) is 0 Å². The van der Waals surface area contributed by atoms with E-state index in [9.17, 15) is 9.59 Å². The topological polar surface area (TPSA) is 93.1 Å². The lowest BCUT2D eigenvalue weighted by atomic mass is 10.2. The second-order valence-electron chi connectivity index (χ2n) is 3.55. The van der Waals surface area contributed by atoms with Gasteiger partial charge in [-0.2, -0.15) is 0 Å². The van der Waals surface area contributed by atoms with Gasteiger partial charge in [0.05, 0.1) is 12.2 Å². The summed E-state index contributed by atoms with van der Waals surface area (Å²) in [6.45, 7) is 0.526. The molecule has 0 saturated heterocycles. The van der Waals surface area contributed by atoms with Crippen molar-refractivity contribution >= 4 is 11.9 Å². The maximum absolute atomic E-state index is 11.5. The maximum atomic E-state index is 11.5. The third-order valence-electron chi connectivity index (χ3n) is 1.97. The van der Waals surface area contributed by atoms with E-state index in [0.717, 1.165) is 0 Å². The fourth-order valence-corrected chi connectivity index (χ4v) is 1.13. The average Bonchev–Trinajstić information content (AvgIpc) is 2.35. The minimum Gasteiger partial charge on any atom is -0.459 e. The molecule has 6 heteroatoms. The fourth-order valence-electron chi connectivity index (χ4n) is 1.13. The number of hydrogen-bond acceptors (Lipinski definition) is 6. The standard InChI is InChI=1S/C12H14O6/c1-8(14)18-11-4-2-9(3-5-11)12(16)17-7-10(15)6-13/h2-5,10,13,15H,6-7H2,1H3. The second-order valence-corrected chi connectivity index (χ2v) is 3.55. The highest BCUT2D eigenvalue weighted by molar-refractivity contribution is 5.89. The first-order valence-corrected chi connectivity index (χ1v) is 5.27. The van der Waals surface area contributed by atoms with Crippen LogP contribution in [0.25, 0.3) is 0 Å². The van der Waals surface area contributed by atoms with Gasteiger partial charge in [-0.15, -0.1) is 0 Å². The van der Waals surface area contributed by atoms with Crippen molar-refractivity contribution < 1.29 is 29.3 Å². The number of esters is 2. The summed E-state index contributed by atoms with van der Waals surface area (Å²) in [5.41, 5.74) is 0.260. The number of carbonyl (C=O) groups excluding carboxylic acids is 2. The molecule has 6 nitrogen and oxygen atoms in total. The summed E-state index contributed by atoms with van der Waals surface area (Å²) in [7, 11) is 0. The molecule has 1 rings (SSSR count). The molecule has 1 aromatic carbocycles. The van der Waals surface area contributed by atoms with Crippen LogP contribution in [-0.4, -0.2) is 41.5 Å². The first kappa shape index (κ1) is 14.1. The van der Waals surface area contributed by atoms with Gasteiger partial charge in [0.25, 0.3) is 0 Å². The first-order chi connectivity index (χ1) is 8.52. The highest BCUT2D eigenvalue weighted by atomic mass is 16.5. The van der Waals surface area contributed by atoms with Gasteiger partial charge >= 0.3 is 11.9 Å². The van der Waals surface area contributed by atoms with E-state index in [1.165, 1.54) is 31.2 Å². The quantitative estimate of drug-likeness (QED) is 0.572. The van der Waals surface area contributed by atoms with Crippen molar-refractivity contribution in [2.24, 2.45) is 0 Å². The predicted molar refractivity (Wildman–Crippen MR) is 61.1 cm³/mol. The largest absolute Gasteiger partial charge is 0.459 e. The van der Waals surface area contributed by atoms with Gasteiger partial charge in [0, 0.05) is 6.92 Å². The lowest BCUT2D eigenvalue weighted by Gasteiger charge is -2.08. The van der Waals surface area contributed by atoms with Crippen molar-refractivity contribution in [1.82, 2.24) is 0 Å². The molecule has 0 aromatic heterocycles. The number of rotatable bonds is 5. The molecule has 2 N–H and O–H groups in total. The highest BCUT2D eigenvalue weighted by Gasteiger charge is 2.10. The Morgan fingerprint density at radius 1 is 1.28 bits per heavy atom. The van der Waals surface area contributed by atoms with Crippen molar-refractivity contribution in [2.45, 2.75) is 13.0 Å². The summed E-state index contributed by atoms with van der Waals surface area (Å²) in [6, 6.07) is 5.79. The Morgan fingerprint density at radius 2 is 1.89 bits per heavy atom. The Morgan fingerprint density at radius 3 is 2.39 bits per heavy atom. The number of carbonyl (C=O) groups is 2. The van der Waals surface area contributed by atoms with E-state index >= 15 is 0 Å². The zero-order chi connectivity index (χ0) is 13.5. The van der Waals surface area contributed by atoms with E-state index in [2.05, 4.69) is 0 Å². The normalized spacial score (nSPS) is 11.7. The Balaban J connectivity index is 2.56. The van der Waals surface area contributed by atoms with Crippen LogP contribution in [-0.2, 0) is 9.53 Å². The molecule has 1 aromatic rings. The minimum absolute atomic E-state index is 0.260. The van der Waals surface area contributed by atoms with Crippen molar-refractivity contribution in [2.75, 3.05) is 13.2 Å². The van der Waals surface area contributed by atoms with E-state index < -0.39 is 24.6 Å². The van der Waals surface area contributed by atoms with Crippen LogP contribution in [0.4, 0.5) is 0 Å². The molecule has 0 fully saturated rings. The molecule has 0 spiro atoms. The van der Waals surface area contributed by atoms with E-state index in [4.69, 9.17) is 19.7 Å². The molecule has 0 bridgehead atoms. The molecule has 0 aliphatic rings. The predicted octanol–water partition coefficient (Wildman–Crippen LogP) is 0.122. The third kappa shape index (κ3) is 4.52. The van der Waals surface area contributed by atoms with Gasteiger partial charge in [0.2, 0.25) is 0 Å². The molecular weight excluding hydrogens is 240 g/mol. The number of ether oxygens (including phenoxy) is 2. The molecule has 0 heterocycles. The monoisotopic (exact) mass is 254 g/mol. The summed E-state index contributed by atoms with van der Waals surface area (Å²) in [5, 5.41) is 17.6. The lowest BCUT2D eigenvalue weighted by molar-refractivity contribution is -0.131. The van der Waals surface area contributed by atoms with Gasteiger partial charge in [0.1, 0.15) is 18.5 Å². The Bertz CT molecular complexity index is 411. The zero-order valence-electron chi connectivity index (χ0n) is 9.83. The Hall–Kier alpha value is -1.92. The average molecular weight is 254 g/mol. The highest BCUT2D eigenvalue weighted by Crippen LogP contribution is 2.13. The molecule has 98 valence electrons. The van der Waals surface area contributed by atoms with E-state index in [-0.39, 0.29) is 12.2 Å². The van der Waals surface area contributed by atoms with Crippen molar-refractivity contribution in [3.05, 3.63) is 29.8 Å². The number of hydrogen-bond donors (Lipinski definition) is 2.